The minimum absolute atomic E-state index is 0. The third kappa shape index (κ3) is 5.38. The van der Waals surface area contributed by atoms with E-state index in [1.807, 2.05) is 0 Å². The molecule has 158 valence electrons. The van der Waals surface area contributed by atoms with Crippen LogP contribution in [0.25, 0.3) is 11.1 Å². The van der Waals surface area contributed by atoms with Gasteiger partial charge in [-0.1, -0.05) is 11.6 Å². The first-order valence-electron chi connectivity index (χ1n) is 8.70. The van der Waals surface area contributed by atoms with Gasteiger partial charge in [0.05, 0.1) is 29.1 Å². The molecule has 0 bridgehead atoms. The molecule has 0 spiro atoms. The minimum atomic E-state index is -0.584. The van der Waals surface area contributed by atoms with Crippen molar-refractivity contribution in [2.45, 2.75) is 13.0 Å². The monoisotopic (exact) mass is 450 g/mol. The molecule has 30 heavy (non-hydrogen) atoms. The van der Waals surface area contributed by atoms with Gasteiger partial charge >= 0.3 is 0 Å². The van der Waals surface area contributed by atoms with Gasteiger partial charge in [-0.2, -0.15) is 13.5 Å². The number of amides is 1. The summed E-state index contributed by atoms with van der Waals surface area (Å²) in [5.41, 5.74) is 0.758. The van der Waals surface area contributed by atoms with E-state index in [4.69, 9.17) is 16.7 Å². The van der Waals surface area contributed by atoms with Crippen molar-refractivity contribution in [1.29, 1.82) is 0 Å². The maximum Gasteiger partial charge on any atom is 0.256 e. The number of aromatic nitrogens is 2. The molecule has 0 aliphatic heterocycles. The van der Waals surface area contributed by atoms with E-state index in [0.29, 0.717) is 16.4 Å². The van der Waals surface area contributed by atoms with Crippen LogP contribution in [0.2, 0.25) is 5.02 Å². The van der Waals surface area contributed by atoms with Gasteiger partial charge in [-0.25, -0.2) is 4.39 Å². The molecule has 0 aliphatic rings. The first-order valence-corrected chi connectivity index (χ1v) is 9.07. The number of hydrogen-bond donors (Lipinski definition) is 4. The fraction of sp³-hybridized carbons (Fsp3) is 0.150. The van der Waals surface area contributed by atoms with E-state index in [0.717, 1.165) is 0 Å². The molecule has 3 rings (SSSR count). The second-order valence-corrected chi connectivity index (χ2v) is 6.80. The summed E-state index contributed by atoms with van der Waals surface area (Å²) in [6.45, 7) is 1.46. The van der Waals surface area contributed by atoms with Crippen molar-refractivity contribution in [1.82, 2.24) is 15.3 Å². The molecule has 1 amide bonds. The minimum Gasteiger partial charge on any atom is -0.394 e. The van der Waals surface area contributed by atoms with Gasteiger partial charge in [0.1, 0.15) is 5.82 Å². The molecule has 0 saturated carbocycles. The first kappa shape index (κ1) is 23.4. The molecule has 4 N–H and O–H groups in total. The van der Waals surface area contributed by atoms with Gasteiger partial charge in [-0.3, -0.25) is 14.6 Å². The molecule has 0 aliphatic carbocycles. The Morgan fingerprint density at radius 1 is 1.30 bits per heavy atom. The summed E-state index contributed by atoms with van der Waals surface area (Å²) < 4.78 is 14.2. The average Bonchev–Trinajstić information content (AvgIpc) is 2.71. The predicted molar refractivity (Wildman–Crippen MR) is 119 cm³/mol. The number of carbonyl (C=O) groups is 1. The quantitative estimate of drug-likeness (QED) is 0.461. The van der Waals surface area contributed by atoms with Gasteiger partial charge in [-0.15, -0.1) is 0 Å². The summed E-state index contributed by atoms with van der Waals surface area (Å²) in [5.74, 6) is -1.01. The Kier molecular flexibility index (Phi) is 7.99. The maximum atomic E-state index is 14.2. The smallest absolute Gasteiger partial charge is 0.256 e. The van der Waals surface area contributed by atoms with Crippen LogP contribution in [-0.4, -0.2) is 33.6 Å². The van der Waals surface area contributed by atoms with E-state index in [2.05, 4.69) is 20.6 Å². The zero-order valence-electron chi connectivity index (χ0n) is 15.9. The topological polar surface area (TPSA) is 107 Å². The number of hydrogen-bond acceptors (Lipinski definition) is 5. The van der Waals surface area contributed by atoms with Crippen LogP contribution in [0.4, 0.5) is 15.8 Å². The third-order valence-electron chi connectivity index (χ3n) is 4.12. The third-order valence-corrected chi connectivity index (χ3v) is 4.35. The summed E-state index contributed by atoms with van der Waals surface area (Å²) in [7, 11) is 0. The second-order valence-electron chi connectivity index (χ2n) is 6.36. The molecule has 0 unspecified atom stereocenters. The van der Waals surface area contributed by atoms with E-state index in [-0.39, 0.29) is 36.8 Å². The van der Waals surface area contributed by atoms with Crippen molar-refractivity contribution < 1.29 is 14.3 Å². The van der Waals surface area contributed by atoms with Crippen molar-refractivity contribution in [3.8, 4) is 11.1 Å². The number of anilines is 2. The summed E-state index contributed by atoms with van der Waals surface area (Å²) in [4.78, 5) is 31.2. The van der Waals surface area contributed by atoms with Crippen LogP contribution in [0.1, 0.15) is 17.3 Å². The van der Waals surface area contributed by atoms with Gasteiger partial charge in [-0.05, 0) is 37.3 Å². The lowest BCUT2D eigenvalue weighted by Crippen LogP contribution is -2.35. The molecular formula is C20H20ClFN4O3S. The molecule has 1 atom stereocenters. The molecule has 10 heteroatoms. The zero-order valence-corrected chi connectivity index (χ0v) is 17.6. The molecular weight excluding hydrogens is 431 g/mol. The number of aliphatic hydroxyl groups excluding tert-OH is 1. The van der Waals surface area contributed by atoms with Crippen molar-refractivity contribution in [2.24, 2.45) is 0 Å². The first-order chi connectivity index (χ1) is 13.9. The fourth-order valence-electron chi connectivity index (χ4n) is 2.65. The van der Waals surface area contributed by atoms with Gasteiger partial charge in [0, 0.05) is 35.2 Å². The van der Waals surface area contributed by atoms with E-state index in [9.17, 15) is 14.0 Å². The van der Waals surface area contributed by atoms with Crippen LogP contribution >= 0.6 is 25.1 Å². The molecule has 0 radical (unpaired) electrons. The lowest BCUT2D eigenvalue weighted by molar-refractivity contribution is 0.0923. The highest BCUT2D eigenvalue weighted by atomic mass is 35.5. The van der Waals surface area contributed by atoms with Gasteiger partial charge in [0.15, 0.2) is 0 Å². The number of pyridine rings is 2. The number of nitrogens with one attached hydrogen (secondary N) is 3. The van der Waals surface area contributed by atoms with Gasteiger partial charge in [0.25, 0.3) is 11.5 Å². The standard InChI is InChI=1S/C20H18ClFN4O3.H2S/c1-11(10-27)25-20(29)16-9-23-5-4-18(16)26-13-7-15(19(28)24-8-13)14-6-12(21)2-3-17(14)22;/h2-9,11,27H,10H2,1H3,(H,23,26)(H,24,28)(H,25,29);1H2/t11-;/m0./s1. The summed E-state index contributed by atoms with van der Waals surface area (Å²) in [6.07, 6.45) is 4.29. The van der Waals surface area contributed by atoms with E-state index < -0.39 is 23.3 Å². The van der Waals surface area contributed by atoms with Crippen LogP contribution < -0.4 is 16.2 Å². The van der Waals surface area contributed by atoms with Crippen LogP contribution in [0.3, 0.4) is 0 Å². The van der Waals surface area contributed by atoms with Gasteiger partial charge in [0.2, 0.25) is 0 Å². The summed E-state index contributed by atoms with van der Waals surface area (Å²) in [6, 6.07) is 6.57. The van der Waals surface area contributed by atoms with Crippen molar-refractivity contribution in [2.75, 3.05) is 11.9 Å². The average molecular weight is 451 g/mol. The van der Waals surface area contributed by atoms with Crippen LogP contribution in [-0.2, 0) is 0 Å². The molecule has 3 aromatic rings. The Hall–Kier alpha value is -2.88. The largest absolute Gasteiger partial charge is 0.394 e. The van der Waals surface area contributed by atoms with Crippen LogP contribution in [0, 0.1) is 5.82 Å². The zero-order chi connectivity index (χ0) is 21.0. The number of carbonyl (C=O) groups excluding carboxylic acids is 1. The predicted octanol–water partition coefficient (Wildman–Crippen LogP) is 3.20. The SMILES string of the molecule is C[C@@H](CO)NC(=O)c1cnccc1Nc1c[nH]c(=O)c(-c2cc(Cl)ccc2F)c1.S. The Morgan fingerprint density at radius 3 is 2.80 bits per heavy atom. The molecule has 0 fully saturated rings. The second kappa shape index (κ2) is 10.2. The number of H-pyrrole nitrogens is 1. The van der Waals surface area contributed by atoms with Crippen molar-refractivity contribution in [3.63, 3.8) is 0 Å². The Balaban J connectivity index is 0.00000320. The highest BCUT2D eigenvalue weighted by molar-refractivity contribution is 7.59. The normalized spacial score (nSPS) is 11.3. The van der Waals surface area contributed by atoms with Gasteiger partial charge < -0.3 is 20.7 Å². The summed E-state index contributed by atoms with van der Waals surface area (Å²) >= 11 is 5.93. The Bertz CT molecular complexity index is 1110. The van der Waals surface area contributed by atoms with Crippen LogP contribution in [0.5, 0.6) is 0 Å². The van der Waals surface area contributed by atoms with Crippen molar-refractivity contribution >= 4 is 42.4 Å². The van der Waals surface area contributed by atoms with E-state index in [1.165, 1.54) is 42.9 Å². The Morgan fingerprint density at radius 2 is 2.07 bits per heavy atom. The number of nitrogens with zero attached hydrogens (tertiary/aromatic N) is 1. The van der Waals surface area contributed by atoms with Crippen LogP contribution in [0.15, 0.2) is 53.7 Å². The summed E-state index contributed by atoms with van der Waals surface area (Å²) in [5, 5.41) is 15.1. The molecule has 2 aromatic heterocycles. The highest BCUT2D eigenvalue weighted by Gasteiger charge is 2.15. The highest BCUT2D eigenvalue weighted by Crippen LogP contribution is 2.27. The maximum absolute atomic E-state index is 14.2. The number of halogens is 2. The molecule has 2 heterocycles. The Labute approximate surface area is 183 Å². The fourth-order valence-corrected chi connectivity index (χ4v) is 2.82. The molecule has 1 aromatic carbocycles. The number of aliphatic hydroxyl groups is 1. The lowest BCUT2D eigenvalue weighted by atomic mass is 10.1. The number of rotatable bonds is 6. The van der Waals surface area contributed by atoms with E-state index in [1.54, 1.807) is 13.0 Å². The lowest BCUT2D eigenvalue weighted by Gasteiger charge is -2.15. The number of aromatic amines is 1. The van der Waals surface area contributed by atoms with Crippen molar-refractivity contribution in [3.05, 3.63) is 75.7 Å². The van der Waals surface area contributed by atoms with E-state index >= 15 is 0 Å². The molecule has 7 nitrogen and oxygen atoms in total. The molecule has 0 saturated heterocycles. The number of benzene rings is 1.